The highest BCUT2D eigenvalue weighted by atomic mass is 19.1. The van der Waals surface area contributed by atoms with Crippen LogP contribution in [0, 0.1) is 19.7 Å². The minimum Gasteiger partial charge on any atom is -0.361 e. The first kappa shape index (κ1) is 22.2. The van der Waals surface area contributed by atoms with Crippen molar-refractivity contribution in [3.63, 3.8) is 0 Å². The Morgan fingerprint density at radius 1 is 1.22 bits per heavy atom. The summed E-state index contributed by atoms with van der Waals surface area (Å²) in [6.45, 7) is 9.16. The summed E-state index contributed by atoms with van der Waals surface area (Å²) in [6, 6.07) is 10.9. The average Bonchev–Trinajstić information content (AvgIpc) is 3.14. The quantitative estimate of drug-likeness (QED) is 0.526. The number of piperidine rings is 1. The molecule has 2 aromatic heterocycles. The summed E-state index contributed by atoms with van der Waals surface area (Å²) >= 11 is 0. The van der Waals surface area contributed by atoms with Gasteiger partial charge >= 0.3 is 0 Å². The summed E-state index contributed by atoms with van der Waals surface area (Å²) in [7, 11) is 0. The maximum absolute atomic E-state index is 13.6. The third-order valence-corrected chi connectivity index (χ3v) is 6.11. The molecule has 0 bridgehead atoms. The van der Waals surface area contributed by atoms with Crippen molar-refractivity contribution >= 4 is 5.91 Å². The number of pyridine rings is 1. The van der Waals surface area contributed by atoms with E-state index in [1.807, 2.05) is 31.7 Å². The Bertz CT molecular complexity index is 1120. The van der Waals surface area contributed by atoms with Crippen LogP contribution in [0.1, 0.15) is 82.9 Å². The standard InChI is InChI=1S/C26H30FN3O2/c1-16(2)25-24(18(4)32-29-25)26(31)30-10-6-8-21(15-30)23-14-20(11-17(3)28-23)12-19-7-5-9-22(27)13-19/h5,7,9,11,13-14,16,21H,6,8,10,12,15H2,1-4H3. The van der Waals surface area contributed by atoms with E-state index >= 15 is 0 Å². The highest BCUT2D eigenvalue weighted by molar-refractivity contribution is 5.96. The second-order valence-electron chi connectivity index (χ2n) is 9.09. The third-order valence-electron chi connectivity index (χ3n) is 6.11. The van der Waals surface area contributed by atoms with Gasteiger partial charge in [-0.3, -0.25) is 9.78 Å². The number of hydrogen-bond donors (Lipinski definition) is 0. The maximum Gasteiger partial charge on any atom is 0.259 e. The lowest BCUT2D eigenvalue weighted by molar-refractivity contribution is 0.0702. The van der Waals surface area contributed by atoms with Gasteiger partial charge in [0.15, 0.2) is 0 Å². The minimum absolute atomic E-state index is 0.00946. The van der Waals surface area contributed by atoms with Gasteiger partial charge < -0.3 is 9.42 Å². The van der Waals surface area contributed by atoms with Gasteiger partial charge in [-0.2, -0.15) is 0 Å². The van der Waals surface area contributed by atoms with Crippen LogP contribution in [-0.4, -0.2) is 34.0 Å². The summed E-state index contributed by atoms with van der Waals surface area (Å²) < 4.78 is 18.9. The number of aromatic nitrogens is 2. The second-order valence-corrected chi connectivity index (χ2v) is 9.09. The minimum atomic E-state index is -0.222. The molecule has 1 aliphatic heterocycles. The zero-order chi connectivity index (χ0) is 22.8. The highest BCUT2D eigenvalue weighted by Crippen LogP contribution is 2.30. The molecule has 6 heteroatoms. The molecule has 1 atom stereocenters. The van der Waals surface area contributed by atoms with E-state index in [9.17, 15) is 9.18 Å². The number of benzene rings is 1. The van der Waals surface area contributed by atoms with E-state index in [-0.39, 0.29) is 23.6 Å². The van der Waals surface area contributed by atoms with Crippen molar-refractivity contribution in [2.75, 3.05) is 13.1 Å². The predicted molar refractivity (Wildman–Crippen MR) is 121 cm³/mol. The summed E-state index contributed by atoms with van der Waals surface area (Å²) in [5, 5.41) is 4.12. The zero-order valence-corrected chi connectivity index (χ0v) is 19.2. The molecule has 4 rings (SSSR count). The molecule has 1 unspecified atom stereocenters. The van der Waals surface area contributed by atoms with Crippen LogP contribution in [0.2, 0.25) is 0 Å². The van der Waals surface area contributed by atoms with Gasteiger partial charge in [0.2, 0.25) is 0 Å². The predicted octanol–water partition coefficient (Wildman–Crippen LogP) is 5.56. The number of rotatable bonds is 5. The SMILES string of the molecule is Cc1cc(Cc2cccc(F)c2)cc(C2CCCN(C(=O)c3c(C(C)C)noc3C)C2)n1. The fraction of sp³-hybridized carbons (Fsp3) is 0.423. The van der Waals surface area contributed by atoms with E-state index in [1.54, 1.807) is 19.1 Å². The molecule has 3 aromatic rings. The molecule has 1 aromatic carbocycles. The van der Waals surface area contributed by atoms with Crippen molar-refractivity contribution in [1.82, 2.24) is 15.0 Å². The molecule has 1 amide bonds. The van der Waals surface area contributed by atoms with Gasteiger partial charge in [-0.25, -0.2) is 4.39 Å². The van der Waals surface area contributed by atoms with E-state index in [2.05, 4.69) is 17.3 Å². The lowest BCUT2D eigenvalue weighted by Gasteiger charge is -2.33. The zero-order valence-electron chi connectivity index (χ0n) is 19.2. The molecule has 0 N–H and O–H groups in total. The maximum atomic E-state index is 13.6. The normalized spacial score (nSPS) is 16.6. The fourth-order valence-corrected chi connectivity index (χ4v) is 4.57. The Morgan fingerprint density at radius 3 is 2.78 bits per heavy atom. The van der Waals surface area contributed by atoms with E-state index in [4.69, 9.17) is 9.51 Å². The van der Waals surface area contributed by atoms with Crippen molar-refractivity contribution in [3.8, 4) is 0 Å². The highest BCUT2D eigenvalue weighted by Gasteiger charge is 2.31. The van der Waals surface area contributed by atoms with E-state index in [1.165, 1.54) is 6.07 Å². The van der Waals surface area contributed by atoms with Gasteiger partial charge in [-0.15, -0.1) is 0 Å². The molecular formula is C26H30FN3O2. The molecule has 1 saturated heterocycles. The first-order valence-electron chi connectivity index (χ1n) is 11.3. The van der Waals surface area contributed by atoms with Gasteiger partial charge in [-0.05, 0) is 74.4 Å². The van der Waals surface area contributed by atoms with Crippen LogP contribution in [0.15, 0.2) is 40.9 Å². The number of nitrogens with zero attached hydrogens (tertiary/aromatic N) is 3. The molecule has 3 heterocycles. The lowest BCUT2D eigenvalue weighted by atomic mass is 9.91. The summed E-state index contributed by atoms with van der Waals surface area (Å²) in [4.78, 5) is 20.1. The van der Waals surface area contributed by atoms with Gasteiger partial charge in [-0.1, -0.05) is 31.1 Å². The largest absolute Gasteiger partial charge is 0.361 e. The first-order valence-corrected chi connectivity index (χ1v) is 11.3. The summed E-state index contributed by atoms with van der Waals surface area (Å²) in [5.74, 6) is 0.633. The third kappa shape index (κ3) is 4.74. The van der Waals surface area contributed by atoms with Crippen LogP contribution < -0.4 is 0 Å². The van der Waals surface area contributed by atoms with Gasteiger partial charge in [0, 0.05) is 30.4 Å². The first-order chi connectivity index (χ1) is 15.3. The Hall–Kier alpha value is -3.02. The van der Waals surface area contributed by atoms with Crippen LogP contribution in [-0.2, 0) is 6.42 Å². The Kier molecular flexibility index (Phi) is 6.40. The number of halogens is 1. The molecule has 5 nitrogen and oxygen atoms in total. The molecule has 1 fully saturated rings. The van der Waals surface area contributed by atoms with E-state index < -0.39 is 0 Å². The molecular weight excluding hydrogens is 405 g/mol. The van der Waals surface area contributed by atoms with Gasteiger partial charge in [0.1, 0.15) is 17.1 Å². The van der Waals surface area contributed by atoms with Crippen molar-refractivity contribution in [3.05, 3.63) is 81.7 Å². The molecule has 0 aliphatic carbocycles. The topological polar surface area (TPSA) is 59.2 Å². The Labute approximate surface area is 188 Å². The van der Waals surface area contributed by atoms with E-state index in [0.717, 1.165) is 47.6 Å². The van der Waals surface area contributed by atoms with Crippen LogP contribution in [0.25, 0.3) is 0 Å². The number of likely N-dealkylation sites (tertiary alicyclic amines) is 1. The fourth-order valence-electron chi connectivity index (χ4n) is 4.57. The monoisotopic (exact) mass is 435 g/mol. The second kappa shape index (κ2) is 9.23. The molecule has 0 spiro atoms. The Balaban J connectivity index is 1.55. The lowest BCUT2D eigenvalue weighted by Crippen LogP contribution is -2.40. The molecule has 1 aliphatic rings. The van der Waals surface area contributed by atoms with Crippen LogP contribution in [0.5, 0.6) is 0 Å². The molecule has 32 heavy (non-hydrogen) atoms. The van der Waals surface area contributed by atoms with Crippen molar-refractivity contribution in [2.24, 2.45) is 0 Å². The van der Waals surface area contributed by atoms with Crippen molar-refractivity contribution in [2.45, 2.75) is 58.8 Å². The van der Waals surface area contributed by atoms with E-state index in [0.29, 0.717) is 24.3 Å². The summed E-state index contributed by atoms with van der Waals surface area (Å²) in [6.07, 6.45) is 2.56. The average molecular weight is 436 g/mol. The van der Waals surface area contributed by atoms with Crippen molar-refractivity contribution < 1.29 is 13.7 Å². The van der Waals surface area contributed by atoms with Gasteiger partial charge in [0.05, 0.1) is 5.69 Å². The Morgan fingerprint density at radius 2 is 2.03 bits per heavy atom. The van der Waals surface area contributed by atoms with Crippen LogP contribution in [0.4, 0.5) is 4.39 Å². The summed E-state index contributed by atoms with van der Waals surface area (Å²) in [5.41, 5.74) is 5.31. The van der Waals surface area contributed by atoms with Crippen LogP contribution >= 0.6 is 0 Å². The number of hydrogen-bond acceptors (Lipinski definition) is 4. The molecule has 168 valence electrons. The van der Waals surface area contributed by atoms with Crippen molar-refractivity contribution in [1.29, 1.82) is 0 Å². The number of carbonyl (C=O) groups is 1. The number of carbonyl (C=O) groups excluding carboxylic acids is 1. The van der Waals surface area contributed by atoms with Gasteiger partial charge in [0.25, 0.3) is 5.91 Å². The number of amides is 1. The molecule has 0 saturated carbocycles. The molecule has 0 radical (unpaired) electrons. The number of aryl methyl sites for hydroxylation is 2. The smallest absolute Gasteiger partial charge is 0.259 e. The van der Waals surface area contributed by atoms with Crippen LogP contribution in [0.3, 0.4) is 0 Å².